The standard InChI is InChI=1S/C22H18ClFN4O3/c1-12(25)13-3-6-16(18(24)9-13)21(29)27-19-7-5-15(31-2)10-17(19)22(30)28-20-8-4-14(23)11-26-20/h3-11,25H,1-2H3,(H,27,29)(H,26,28,30). The first-order chi connectivity index (χ1) is 14.8. The van der Waals surface area contributed by atoms with Gasteiger partial charge in [-0.25, -0.2) is 9.37 Å². The lowest BCUT2D eigenvalue weighted by Gasteiger charge is -2.13. The van der Waals surface area contributed by atoms with Crippen LogP contribution in [0.5, 0.6) is 5.75 Å². The van der Waals surface area contributed by atoms with Crippen LogP contribution in [0.4, 0.5) is 15.9 Å². The molecule has 158 valence electrons. The number of hydrogen-bond acceptors (Lipinski definition) is 5. The maximum Gasteiger partial charge on any atom is 0.259 e. The number of anilines is 2. The van der Waals surface area contributed by atoms with Crippen molar-refractivity contribution < 1.29 is 18.7 Å². The van der Waals surface area contributed by atoms with Crippen molar-refractivity contribution in [2.24, 2.45) is 0 Å². The molecule has 0 aliphatic rings. The average Bonchev–Trinajstić information content (AvgIpc) is 2.75. The minimum Gasteiger partial charge on any atom is -0.497 e. The van der Waals surface area contributed by atoms with E-state index >= 15 is 0 Å². The molecule has 9 heteroatoms. The maximum absolute atomic E-state index is 14.4. The molecule has 0 aliphatic heterocycles. The van der Waals surface area contributed by atoms with Crippen molar-refractivity contribution in [1.82, 2.24) is 4.98 Å². The molecule has 31 heavy (non-hydrogen) atoms. The van der Waals surface area contributed by atoms with Gasteiger partial charge < -0.3 is 20.8 Å². The van der Waals surface area contributed by atoms with Gasteiger partial charge in [-0.2, -0.15) is 0 Å². The molecule has 2 amide bonds. The molecule has 1 aromatic heterocycles. The first kappa shape index (κ1) is 21.9. The van der Waals surface area contributed by atoms with E-state index in [1.54, 1.807) is 12.1 Å². The number of nitrogens with one attached hydrogen (secondary N) is 3. The van der Waals surface area contributed by atoms with Crippen molar-refractivity contribution in [3.63, 3.8) is 0 Å². The molecular weight excluding hydrogens is 423 g/mol. The summed E-state index contributed by atoms with van der Waals surface area (Å²) < 4.78 is 19.6. The topological polar surface area (TPSA) is 104 Å². The molecule has 0 saturated heterocycles. The number of nitrogens with zero attached hydrogens (tertiary/aromatic N) is 1. The van der Waals surface area contributed by atoms with Gasteiger partial charge in [0.1, 0.15) is 17.4 Å². The summed E-state index contributed by atoms with van der Waals surface area (Å²) in [5.41, 5.74) is 0.581. The molecule has 7 nitrogen and oxygen atoms in total. The minimum atomic E-state index is -0.772. The molecule has 0 fully saturated rings. The molecule has 3 aromatic rings. The van der Waals surface area contributed by atoms with Crippen LogP contribution >= 0.6 is 11.6 Å². The minimum absolute atomic E-state index is 0.0943. The second-order valence-electron chi connectivity index (χ2n) is 6.50. The number of amides is 2. The number of ether oxygens (including phenoxy) is 1. The van der Waals surface area contributed by atoms with Crippen molar-refractivity contribution in [2.45, 2.75) is 6.92 Å². The van der Waals surface area contributed by atoms with E-state index in [2.05, 4.69) is 15.6 Å². The number of carbonyl (C=O) groups excluding carboxylic acids is 2. The van der Waals surface area contributed by atoms with E-state index < -0.39 is 17.6 Å². The highest BCUT2D eigenvalue weighted by atomic mass is 35.5. The highest BCUT2D eigenvalue weighted by Gasteiger charge is 2.18. The number of methoxy groups -OCH3 is 1. The van der Waals surface area contributed by atoms with Gasteiger partial charge in [-0.1, -0.05) is 17.7 Å². The van der Waals surface area contributed by atoms with Crippen molar-refractivity contribution in [3.8, 4) is 5.75 Å². The molecule has 0 spiro atoms. The molecule has 0 saturated carbocycles. The zero-order valence-electron chi connectivity index (χ0n) is 16.6. The van der Waals surface area contributed by atoms with Crippen molar-refractivity contribution in [1.29, 1.82) is 5.41 Å². The Labute approximate surface area is 182 Å². The Balaban J connectivity index is 1.89. The van der Waals surface area contributed by atoms with Crippen LogP contribution in [-0.4, -0.2) is 29.6 Å². The van der Waals surface area contributed by atoms with Gasteiger partial charge in [0, 0.05) is 11.9 Å². The van der Waals surface area contributed by atoms with Crippen molar-refractivity contribution in [3.05, 3.63) is 82.3 Å². The van der Waals surface area contributed by atoms with Crippen LogP contribution in [0, 0.1) is 11.2 Å². The lowest BCUT2D eigenvalue weighted by molar-refractivity contribution is 0.102. The van der Waals surface area contributed by atoms with E-state index in [9.17, 15) is 14.0 Å². The molecule has 1 heterocycles. The predicted octanol–water partition coefficient (Wildman–Crippen LogP) is 4.78. The lowest BCUT2D eigenvalue weighted by Crippen LogP contribution is -2.19. The Kier molecular flexibility index (Phi) is 6.61. The van der Waals surface area contributed by atoms with Crippen molar-refractivity contribution >= 4 is 40.6 Å². The molecule has 0 bridgehead atoms. The van der Waals surface area contributed by atoms with E-state index in [0.717, 1.165) is 6.07 Å². The summed E-state index contributed by atoms with van der Waals surface area (Å²) in [4.78, 5) is 29.5. The van der Waals surface area contributed by atoms with Gasteiger partial charge in [-0.3, -0.25) is 9.59 Å². The number of carbonyl (C=O) groups is 2. The average molecular weight is 441 g/mol. The van der Waals surface area contributed by atoms with E-state index in [0.29, 0.717) is 16.3 Å². The molecule has 0 unspecified atom stereocenters. The lowest BCUT2D eigenvalue weighted by atomic mass is 10.1. The second-order valence-corrected chi connectivity index (χ2v) is 6.94. The van der Waals surface area contributed by atoms with Gasteiger partial charge in [-0.05, 0) is 55.0 Å². The maximum atomic E-state index is 14.4. The SMILES string of the molecule is COc1ccc(NC(=O)c2ccc(C(C)=N)cc2F)c(C(=O)Nc2ccc(Cl)cn2)c1. The number of pyridine rings is 1. The first-order valence-corrected chi connectivity index (χ1v) is 9.43. The zero-order chi connectivity index (χ0) is 22.5. The fourth-order valence-corrected chi connectivity index (χ4v) is 2.81. The van der Waals surface area contributed by atoms with Crippen LogP contribution in [0.3, 0.4) is 0 Å². The normalized spacial score (nSPS) is 10.3. The Morgan fingerprint density at radius 3 is 2.39 bits per heavy atom. The summed E-state index contributed by atoms with van der Waals surface area (Å²) in [6.45, 7) is 1.52. The molecule has 0 radical (unpaired) electrons. The number of aromatic nitrogens is 1. The molecule has 3 N–H and O–H groups in total. The summed E-state index contributed by atoms with van der Waals surface area (Å²) in [5, 5.41) is 13.1. The monoisotopic (exact) mass is 440 g/mol. The zero-order valence-corrected chi connectivity index (χ0v) is 17.4. The molecule has 0 atom stereocenters. The van der Waals surface area contributed by atoms with Gasteiger partial charge in [-0.15, -0.1) is 0 Å². The Bertz CT molecular complexity index is 1170. The molecule has 2 aromatic carbocycles. The summed E-state index contributed by atoms with van der Waals surface area (Å²) in [6, 6.07) is 11.5. The Hall–Kier alpha value is -3.78. The smallest absolute Gasteiger partial charge is 0.259 e. The highest BCUT2D eigenvalue weighted by Crippen LogP contribution is 2.24. The third-order valence-electron chi connectivity index (χ3n) is 4.34. The fraction of sp³-hybridized carbons (Fsp3) is 0.0909. The van der Waals surface area contributed by atoms with Crippen LogP contribution in [0.2, 0.25) is 5.02 Å². The molecule has 3 rings (SSSR count). The molecule has 0 aliphatic carbocycles. The van der Waals surface area contributed by atoms with Gasteiger partial charge in [0.15, 0.2) is 0 Å². The van der Waals surface area contributed by atoms with E-state index in [1.807, 2.05) is 0 Å². The number of benzene rings is 2. The Morgan fingerprint density at radius 1 is 1.03 bits per heavy atom. The third kappa shape index (κ3) is 5.23. The largest absolute Gasteiger partial charge is 0.497 e. The Morgan fingerprint density at radius 2 is 1.77 bits per heavy atom. The van der Waals surface area contributed by atoms with Gasteiger partial charge >= 0.3 is 0 Å². The van der Waals surface area contributed by atoms with E-state index in [-0.39, 0.29) is 28.3 Å². The summed E-state index contributed by atoms with van der Waals surface area (Å²) in [5.74, 6) is -1.41. The third-order valence-corrected chi connectivity index (χ3v) is 4.56. The number of hydrogen-bond donors (Lipinski definition) is 3. The van der Waals surface area contributed by atoms with Gasteiger partial charge in [0.2, 0.25) is 0 Å². The van der Waals surface area contributed by atoms with Crippen molar-refractivity contribution in [2.75, 3.05) is 17.7 Å². The second kappa shape index (κ2) is 9.36. The van der Waals surface area contributed by atoms with Crippen LogP contribution in [0.25, 0.3) is 0 Å². The predicted molar refractivity (Wildman–Crippen MR) is 117 cm³/mol. The fourth-order valence-electron chi connectivity index (χ4n) is 2.70. The van der Waals surface area contributed by atoms with E-state index in [4.69, 9.17) is 21.7 Å². The highest BCUT2D eigenvalue weighted by molar-refractivity contribution is 6.30. The van der Waals surface area contributed by atoms with E-state index in [1.165, 1.54) is 50.6 Å². The first-order valence-electron chi connectivity index (χ1n) is 9.06. The van der Waals surface area contributed by atoms with Crippen LogP contribution in [0.15, 0.2) is 54.7 Å². The quantitative estimate of drug-likeness (QED) is 0.480. The summed E-state index contributed by atoms with van der Waals surface area (Å²) >= 11 is 5.80. The van der Waals surface area contributed by atoms with Crippen LogP contribution in [-0.2, 0) is 0 Å². The van der Waals surface area contributed by atoms with Crippen LogP contribution < -0.4 is 15.4 Å². The summed E-state index contributed by atoms with van der Waals surface area (Å²) in [7, 11) is 1.44. The molecular formula is C22H18ClFN4O3. The van der Waals surface area contributed by atoms with Gasteiger partial charge in [0.25, 0.3) is 11.8 Å². The van der Waals surface area contributed by atoms with Crippen LogP contribution in [0.1, 0.15) is 33.2 Å². The summed E-state index contributed by atoms with van der Waals surface area (Å²) in [6.07, 6.45) is 1.38. The van der Waals surface area contributed by atoms with Gasteiger partial charge in [0.05, 0.1) is 28.9 Å². The number of halogens is 2. The number of rotatable bonds is 6.